The monoisotopic (exact) mass is 391 g/mol. The van der Waals surface area contributed by atoms with E-state index in [9.17, 15) is 9.59 Å². The van der Waals surface area contributed by atoms with Crippen molar-refractivity contribution >= 4 is 29.4 Å². The molecule has 2 fully saturated rings. The van der Waals surface area contributed by atoms with Crippen LogP contribution in [0.4, 0.5) is 10.5 Å². The van der Waals surface area contributed by atoms with E-state index >= 15 is 0 Å². The van der Waals surface area contributed by atoms with Crippen molar-refractivity contribution < 1.29 is 14.7 Å². The van der Waals surface area contributed by atoms with Gasteiger partial charge in [0, 0.05) is 22.2 Å². The Hall–Kier alpha value is -1.73. The zero-order chi connectivity index (χ0) is 19.2. The van der Waals surface area contributed by atoms with E-state index < -0.39 is 5.97 Å². The van der Waals surface area contributed by atoms with Crippen LogP contribution in [-0.2, 0) is 4.79 Å². The first-order valence-corrected chi connectivity index (χ1v) is 10.7. The fourth-order valence-corrected chi connectivity index (χ4v) is 5.21. The Morgan fingerprint density at radius 2 is 1.93 bits per heavy atom. The third kappa shape index (κ3) is 5.62. The Morgan fingerprint density at radius 3 is 2.59 bits per heavy atom. The molecule has 2 amide bonds. The lowest BCUT2D eigenvalue weighted by Crippen LogP contribution is -2.55. The Kier molecular flexibility index (Phi) is 7.01. The second-order valence-corrected chi connectivity index (χ2v) is 8.74. The molecule has 0 heterocycles. The number of nitrogens with zero attached hydrogens (tertiary/aromatic N) is 1. The van der Waals surface area contributed by atoms with Crippen LogP contribution in [0.1, 0.15) is 45.4 Å². The van der Waals surface area contributed by atoms with Gasteiger partial charge in [0.05, 0.1) is 12.2 Å². The Morgan fingerprint density at radius 1 is 1.22 bits per heavy atom. The molecule has 2 aliphatic rings. The number of thioether (sulfide) groups is 1. The highest BCUT2D eigenvalue weighted by molar-refractivity contribution is 8.00. The molecule has 1 aromatic rings. The van der Waals surface area contributed by atoms with Gasteiger partial charge in [0.15, 0.2) is 0 Å². The first-order valence-electron chi connectivity index (χ1n) is 9.84. The Labute approximate surface area is 165 Å². The van der Waals surface area contributed by atoms with E-state index in [0.717, 1.165) is 23.4 Å². The van der Waals surface area contributed by atoms with Crippen molar-refractivity contribution in [1.82, 2.24) is 10.2 Å². The molecule has 0 atom stereocenters. The SMILES string of the molecule is CCN(CC(=O)O)C1CC(NC(=O)Nc2ccccc2SC2CCCC2)C1. The molecule has 0 saturated heterocycles. The molecule has 2 saturated carbocycles. The van der Waals surface area contributed by atoms with Gasteiger partial charge in [-0.2, -0.15) is 0 Å². The van der Waals surface area contributed by atoms with Crippen LogP contribution in [0.3, 0.4) is 0 Å². The molecule has 1 aromatic carbocycles. The first kappa shape index (κ1) is 20.0. The van der Waals surface area contributed by atoms with Gasteiger partial charge in [-0.05, 0) is 44.4 Å². The third-order valence-electron chi connectivity index (χ3n) is 5.44. The van der Waals surface area contributed by atoms with Crippen molar-refractivity contribution in [2.45, 2.75) is 67.7 Å². The van der Waals surface area contributed by atoms with Crippen LogP contribution < -0.4 is 10.6 Å². The van der Waals surface area contributed by atoms with E-state index in [1.54, 1.807) is 0 Å². The second-order valence-electron chi connectivity index (χ2n) is 7.40. The predicted molar refractivity (Wildman–Crippen MR) is 108 cm³/mol. The quantitative estimate of drug-likeness (QED) is 0.628. The summed E-state index contributed by atoms with van der Waals surface area (Å²) in [5.74, 6) is -0.803. The Bertz CT molecular complexity index is 658. The summed E-state index contributed by atoms with van der Waals surface area (Å²) < 4.78 is 0. The first-order chi connectivity index (χ1) is 13.0. The molecule has 0 spiro atoms. The van der Waals surface area contributed by atoms with Crippen LogP contribution in [0.25, 0.3) is 0 Å². The normalized spacial score (nSPS) is 22.4. The van der Waals surface area contributed by atoms with Gasteiger partial charge in [-0.3, -0.25) is 9.69 Å². The lowest BCUT2D eigenvalue weighted by atomic mass is 9.85. The van der Waals surface area contributed by atoms with Gasteiger partial charge in [-0.1, -0.05) is 31.9 Å². The number of hydrogen-bond acceptors (Lipinski definition) is 4. The molecule has 0 aromatic heterocycles. The summed E-state index contributed by atoms with van der Waals surface area (Å²) in [7, 11) is 0. The number of hydrogen-bond donors (Lipinski definition) is 3. The number of carbonyl (C=O) groups excluding carboxylic acids is 1. The zero-order valence-electron chi connectivity index (χ0n) is 15.8. The predicted octanol–water partition coefficient (Wildman–Crippen LogP) is 3.78. The average molecular weight is 392 g/mol. The maximum Gasteiger partial charge on any atom is 0.319 e. The summed E-state index contributed by atoms with van der Waals surface area (Å²) in [6, 6.07) is 8.14. The summed E-state index contributed by atoms with van der Waals surface area (Å²) in [4.78, 5) is 26.4. The number of urea groups is 1. The van der Waals surface area contributed by atoms with Crippen molar-refractivity contribution in [2.24, 2.45) is 0 Å². The van der Waals surface area contributed by atoms with Gasteiger partial charge >= 0.3 is 12.0 Å². The highest BCUT2D eigenvalue weighted by atomic mass is 32.2. The number of carboxylic acids is 1. The summed E-state index contributed by atoms with van der Waals surface area (Å²) >= 11 is 1.87. The molecule has 0 aliphatic heterocycles. The van der Waals surface area contributed by atoms with E-state index in [2.05, 4.69) is 16.7 Å². The minimum absolute atomic E-state index is 0.0614. The third-order valence-corrected chi connectivity index (χ3v) is 6.86. The summed E-state index contributed by atoms with van der Waals surface area (Å²) in [5, 5.41) is 15.6. The minimum Gasteiger partial charge on any atom is -0.480 e. The molecule has 0 unspecified atom stereocenters. The zero-order valence-corrected chi connectivity index (χ0v) is 16.6. The van der Waals surface area contributed by atoms with Crippen molar-refractivity contribution in [3.05, 3.63) is 24.3 Å². The van der Waals surface area contributed by atoms with E-state index in [1.807, 2.05) is 41.8 Å². The maximum atomic E-state index is 12.4. The van der Waals surface area contributed by atoms with E-state index in [4.69, 9.17) is 5.11 Å². The van der Waals surface area contributed by atoms with E-state index in [0.29, 0.717) is 11.8 Å². The molecule has 3 rings (SSSR count). The number of carboxylic acid groups (broad SMARTS) is 1. The molecular weight excluding hydrogens is 362 g/mol. The number of carbonyl (C=O) groups is 2. The summed E-state index contributed by atoms with van der Waals surface area (Å²) in [6.45, 7) is 2.74. The summed E-state index contributed by atoms with van der Waals surface area (Å²) in [5.41, 5.74) is 0.865. The Balaban J connectivity index is 1.47. The standard InChI is InChI=1S/C20H29N3O3S/c1-2-23(13-19(24)25)15-11-14(12-15)21-20(26)22-17-9-5-6-10-18(17)27-16-7-3-4-8-16/h5-6,9-10,14-16H,2-4,7-8,11-13H2,1H3,(H,24,25)(H2,21,22,26). The molecule has 0 radical (unpaired) electrons. The lowest BCUT2D eigenvalue weighted by molar-refractivity contribution is -0.139. The molecule has 27 heavy (non-hydrogen) atoms. The lowest BCUT2D eigenvalue weighted by Gasteiger charge is -2.42. The molecule has 148 valence electrons. The van der Waals surface area contributed by atoms with Crippen LogP contribution in [0.2, 0.25) is 0 Å². The largest absolute Gasteiger partial charge is 0.480 e. The minimum atomic E-state index is -0.803. The highest BCUT2D eigenvalue weighted by Gasteiger charge is 2.34. The number of likely N-dealkylation sites (N-methyl/N-ethyl adjacent to an activating group) is 1. The number of rotatable bonds is 8. The van der Waals surface area contributed by atoms with E-state index in [-0.39, 0.29) is 24.7 Å². The second kappa shape index (κ2) is 9.46. The van der Waals surface area contributed by atoms with Gasteiger partial charge in [-0.25, -0.2) is 4.79 Å². The van der Waals surface area contributed by atoms with Crippen molar-refractivity contribution in [1.29, 1.82) is 0 Å². The number of aliphatic carboxylic acids is 1. The van der Waals surface area contributed by atoms with Crippen molar-refractivity contribution in [3.63, 3.8) is 0 Å². The van der Waals surface area contributed by atoms with E-state index in [1.165, 1.54) is 25.7 Å². The molecule has 2 aliphatic carbocycles. The number of benzene rings is 1. The van der Waals surface area contributed by atoms with Gasteiger partial charge in [0.1, 0.15) is 0 Å². The average Bonchev–Trinajstić information content (AvgIpc) is 3.10. The molecular formula is C20H29N3O3S. The van der Waals surface area contributed by atoms with Crippen LogP contribution in [-0.4, -0.2) is 52.4 Å². The number of para-hydroxylation sites is 1. The number of nitrogens with one attached hydrogen (secondary N) is 2. The smallest absolute Gasteiger partial charge is 0.319 e. The molecule has 3 N–H and O–H groups in total. The fraction of sp³-hybridized carbons (Fsp3) is 0.600. The number of anilines is 1. The van der Waals surface area contributed by atoms with Gasteiger partial charge in [0.25, 0.3) is 0 Å². The van der Waals surface area contributed by atoms with Gasteiger partial charge in [-0.15, -0.1) is 11.8 Å². The summed E-state index contributed by atoms with van der Waals surface area (Å²) in [6.07, 6.45) is 6.69. The van der Waals surface area contributed by atoms with Crippen molar-refractivity contribution in [2.75, 3.05) is 18.4 Å². The molecule has 0 bridgehead atoms. The van der Waals surface area contributed by atoms with Crippen LogP contribution >= 0.6 is 11.8 Å². The molecule has 6 nitrogen and oxygen atoms in total. The fourth-order valence-electron chi connectivity index (χ4n) is 3.88. The molecule has 7 heteroatoms. The van der Waals surface area contributed by atoms with Gasteiger partial charge < -0.3 is 15.7 Å². The topological polar surface area (TPSA) is 81.7 Å². The number of amides is 2. The van der Waals surface area contributed by atoms with Crippen molar-refractivity contribution in [3.8, 4) is 0 Å². The van der Waals surface area contributed by atoms with Gasteiger partial charge in [0.2, 0.25) is 0 Å². The van der Waals surface area contributed by atoms with Crippen LogP contribution in [0, 0.1) is 0 Å². The maximum absolute atomic E-state index is 12.4. The van der Waals surface area contributed by atoms with Crippen LogP contribution in [0.15, 0.2) is 29.2 Å². The van der Waals surface area contributed by atoms with Crippen LogP contribution in [0.5, 0.6) is 0 Å². The highest BCUT2D eigenvalue weighted by Crippen LogP contribution is 2.38.